The Balaban J connectivity index is 2.30. The Hall–Kier alpha value is -0.790. The van der Waals surface area contributed by atoms with Crippen LogP contribution in [-0.4, -0.2) is 6.61 Å². The van der Waals surface area contributed by atoms with Crippen molar-refractivity contribution in [2.24, 2.45) is 0 Å². The molecule has 0 bridgehead atoms. The van der Waals surface area contributed by atoms with Crippen molar-refractivity contribution < 1.29 is 5.11 Å². The van der Waals surface area contributed by atoms with E-state index < -0.39 is 0 Å². The molecule has 0 spiro atoms. The smallest absolute Gasteiger partial charge is 0.0825 e. The van der Waals surface area contributed by atoms with Gasteiger partial charge in [0, 0.05) is 5.02 Å². The summed E-state index contributed by atoms with van der Waals surface area (Å²) in [5.74, 6) is 0. The third-order valence-corrected chi connectivity index (χ3v) is 2.20. The zero-order valence-corrected chi connectivity index (χ0v) is 8.83. The summed E-state index contributed by atoms with van der Waals surface area (Å²) in [7, 11) is 0. The topological polar surface area (TPSA) is 19.9 Å². The Morgan fingerprint density at radius 1 is 1.14 bits per heavy atom. The highest BCUT2D eigenvalue weighted by Gasteiger charge is 1.89. The van der Waals surface area contributed by atoms with Crippen LogP contribution in [-0.2, 0) is 11.5 Å². The van der Waals surface area contributed by atoms with Crippen LogP contribution >= 0.6 is 11.6 Å². The Kier molecular flexibility index (Phi) is 5.35. The summed E-state index contributed by atoms with van der Waals surface area (Å²) < 4.78 is 0. The summed E-state index contributed by atoms with van der Waals surface area (Å²) in [5, 5.41) is 10.9. The Labute approximate surface area is 90.0 Å². The molecule has 1 aromatic carbocycles. The molecular formula is C12H14ClO. The van der Waals surface area contributed by atoms with Crippen molar-refractivity contribution in [3.63, 3.8) is 0 Å². The summed E-state index contributed by atoms with van der Waals surface area (Å²) in [5.41, 5.74) is 1.24. The first-order valence-corrected chi connectivity index (χ1v) is 5.18. The van der Waals surface area contributed by atoms with E-state index >= 15 is 0 Å². The normalized spacial score (nSPS) is 11.0. The highest BCUT2D eigenvalue weighted by atomic mass is 35.5. The van der Waals surface area contributed by atoms with Crippen LogP contribution in [0.2, 0.25) is 5.02 Å². The zero-order valence-electron chi connectivity index (χ0n) is 8.08. The van der Waals surface area contributed by atoms with E-state index in [1.807, 2.05) is 24.3 Å². The lowest BCUT2D eigenvalue weighted by atomic mass is 10.1. The van der Waals surface area contributed by atoms with Gasteiger partial charge in [-0.25, -0.2) is 5.11 Å². The maximum absolute atomic E-state index is 10.2. The SMILES string of the molecule is [O]CCCC=CCc1ccc(Cl)cc1. The van der Waals surface area contributed by atoms with Crippen LogP contribution in [0.15, 0.2) is 36.4 Å². The number of hydrogen-bond donors (Lipinski definition) is 0. The van der Waals surface area contributed by atoms with E-state index in [4.69, 9.17) is 11.6 Å². The first-order valence-electron chi connectivity index (χ1n) is 4.80. The average molecular weight is 210 g/mol. The minimum atomic E-state index is 0.0191. The molecule has 0 N–H and O–H groups in total. The van der Waals surface area contributed by atoms with Crippen molar-refractivity contribution in [1.82, 2.24) is 0 Å². The molecule has 14 heavy (non-hydrogen) atoms. The quantitative estimate of drug-likeness (QED) is 0.521. The molecule has 0 aromatic heterocycles. The predicted octanol–water partition coefficient (Wildman–Crippen LogP) is 3.65. The Bertz CT molecular complexity index is 277. The van der Waals surface area contributed by atoms with Gasteiger partial charge >= 0.3 is 0 Å². The second kappa shape index (κ2) is 6.63. The average Bonchev–Trinajstić information content (AvgIpc) is 2.21. The molecule has 0 saturated heterocycles. The molecule has 0 saturated carbocycles. The van der Waals surface area contributed by atoms with Crippen molar-refractivity contribution in [3.05, 3.63) is 47.0 Å². The van der Waals surface area contributed by atoms with E-state index in [1.54, 1.807) is 0 Å². The Morgan fingerprint density at radius 3 is 2.50 bits per heavy atom. The molecule has 0 heterocycles. The van der Waals surface area contributed by atoms with Crippen LogP contribution in [0.1, 0.15) is 18.4 Å². The largest absolute Gasteiger partial charge is 0.237 e. The van der Waals surface area contributed by atoms with Crippen LogP contribution in [0, 0.1) is 0 Å². The molecule has 0 fully saturated rings. The molecule has 0 aliphatic carbocycles. The lowest BCUT2D eigenvalue weighted by Gasteiger charge is -1.95. The van der Waals surface area contributed by atoms with E-state index in [0.717, 1.165) is 24.3 Å². The number of unbranched alkanes of at least 4 members (excludes halogenated alkanes) is 1. The highest BCUT2D eigenvalue weighted by Crippen LogP contribution is 2.10. The molecule has 1 rings (SSSR count). The standard InChI is InChI=1S/C12H14ClO/c13-12-8-6-11(7-9-12)5-3-1-2-4-10-14/h1,3,6-9H,2,4-5,10H2. The van der Waals surface area contributed by atoms with Gasteiger partial charge in [-0.15, -0.1) is 0 Å². The van der Waals surface area contributed by atoms with E-state index in [-0.39, 0.29) is 6.61 Å². The lowest BCUT2D eigenvalue weighted by molar-refractivity contribution is 0.190. The molecule has 1 aromatic rings. The molecule has 0 unspecified atom stereocenters. The summed E-state index contributed by atoms with van der Waals surface area (Å²) in [4.78, 5) is 0. The number of allylic oxidation sites excluding steroid dienone is 2. The fourth-order valence-corrected chi connectivity index (χ4v) is 1.28. The number of hydrogen-bond acceptors (Lipinski definition) is 0. The van der Waals surface area contributed by atoms with Crippen molar-refractivity contribution >= 4 is 11.6 Å². The van der Waals surface area contributed by atoms with Gasteiger partial charge < -0.3 is 0 Å². The minimum absolute atomic E-state index is 0.0191. The zero-order chi connectivity index (χ0) is 10.2. The van der Waals surface area contributed by atoms with Crippen LogP contribution < -0.4 is 0 Å². The maximum Gasteiger partial charge on any atom is 0.0825 e. The first kappa shape index (κ1) is 11.3. The van der Waals surface area contributed by atoms with Crippen molar-refractivity contribution in [1.29, 1.82) is 0 Å². The molecule has 0 atom stereocenters. The summed E-state index contributed by atoms with van der Waals surface area (Å²) >= 11 is 5.76. The van der Waals surface area contributed by atoms with Gasteiger partial charge in [0.15, 0.2) is 0 Å². The molecule has 0 amide bonds. The minimum Gasteiger partial charge on any atom is -0.237 e. The second-order valence-corrected chi connectivity index (χ2v) is 3.58. The van der Waals surface area contributed by atoms with Crippen molar-refractivity contribution in [2.45, 2.75) is 19.3 Å². The Morgan fingerprint density at radius 2 is 1.86 bits per heavy atom. The number of halogens is 1. The van der Waals surface area contributed by atoms with Gasteiger partial charge in [0.1, 0.15) is 0 Å². The fraction of sp³-hybridized carbons (Fsp3) is 0.333. The third kappa shape index (κ3) is 4.45. The summed E-state index contributed by atoms with van der Waals surface area (Å²) in [6.45, 7) is 0.0191. The van der Waals surface area contributed by atoms with E-state index in [1.165, 1.54) is 5.56 Å². The molecule has 2 heteroatoms. The second-order valence-electron chi connectivity index (χ2n) is 3.15. The molecule has 75 valence electrons. The first-order chi connectivity index (χ1) is 6.83. The summed E-state index contributed by atoms with van der Waals surface area (Å²) in [6, 6.07) is 7.81. The van der Waals surface area contributed by atoms with Crippen LogP contribution in [0.4, 0.5) is 0 Å². The predicted molar refractivity (Wildman–Crippen MR) is 59.1 cm³/mol. The lowest BCUT2D eigenvalue weighted by Crippen LogP contribution is -1.80. The van der Waals surface area contributed by atoms with Gasteiger partial charge in [0.25, 0.3) is 0 Å². The van der Waals surface area contributed by atoms with Gasteiger partial charge in [0.05, 0.1) is 6.61 Å². The molecule has 1 radical (unpaired) electrons. The van der Waals surface area contributed by atoms with E-state index in [2.05, 4.69) is 12.2 Å². The van der Waals surface area contributed by atoms with Gasteiger partial charge in [-0.05, 0) is 37.0 Å². The molecule has 0 aliphatic rings. The van der Waals surface area contributed by atoms with Crippen LogP contribution in [0.3, 0.4) is 0 Å². The molecular weight excluding hydrogens is 196 g/mol. The fourth-order valence-electron chi connectivity index (χ4n) is 1.16. The van der Waals surface area contributed by atoms with Crippen LogP contribution in [0.25, 0.3) is 0 Å². The van der Waals surface area contributed by atoms with Crippen molar-refractivity contribution in [2.75, 3.05) is 6.61 Å². The third-order valence-electron chi connectivity index (χ3n) is 1.95. The maximum atomic E-state index is 10.2. The molecule has 0 aliphatic heterocycles. The van der Waals surface area contributed by atoms with Crippen LogP contribution in [0.5, 0.6) is 0 Å². The summed E-state index contributed by atoms with van der Waals surface area (Å²) in [6.07, 6.45) is 6.69. The highest BCUT2D eigenvalue weighted by molar-refractivity contribution is 6.30. The number of benzene rings is 1. The molecule has 1 nitrogen and oxygen atoms in total. The van der Waals surface area contributed by atoms with Crippen molar-refractivity contribution in [3.8, 4) is 0 Å². The van der Waals surface area contributed by atoms with Gasteiger partial charge in [-0.2, -0.15) is 0 Å². The van der Waals surface area contributed by atoms with Gasteiger partial charge in [-0.3, -0.25) is 0 Å². The number of rotatable bonds is 5. The van der Waals surface area contributed by atoms with Gasteiger partial charge in [0.2, 0.25) is 0 Å². The monoisotopic (exact) mass is 209 g/mol. The van der Waals surface area contributed by atoms with E-state index in [0.29, 0.717) is 0 Å². The van der Waals surface area contributed by atoms with Gasteiger partial charge in [-0.1, -0.05) is 35.9 Å². The van der Waals surface area contributed by atoms with E-state index in [9.17, 15) is 5.11 Å².